The first kappa shape index (κ1) is 14.9. The second kappa shape index (κ2) is 5.90. The topological polar surface area (TPSA) is 12.0 Å². The van der Waals surface area contributed by atoms with Crippen molar-refractivity contribution in [2.24, 2.45) is 0 Å². The molecule has 2 aromatic carbocycles. The van der Waals surface area contributed by atoms with Crippen molar-refractivity contribution >= 4 is 11.6 Å². The second-order valence-electron chi connectivity index (χ2n) is 4.77. The minimum absolute atomic E-state index is 0.0258. The van der Waals surface area contributed by atoms with Crippen molar-refractivity contribution in [1.29, 1.82) is 0 Å². The summed E-state index contributed by atoms with van der Waals surface area (Å²) < 4.78 is 28.4. The summed E-state index contributed by atoms with van der Waals surface area (Å²) >= 11 is 6.10. The molecule has 1 nitrogen and oxygen atoms in total. The van der Waals surface area contributed by atoms with Crippen LogP contribution in [0.3, 0.4) is 0 Å². The van der Waals surface area contributed by atoms with Gasteiger partial charge in [-0.2, -0.15) is 0 Å². The third-order valence-electron chi connectivity index (χ3n) is 3.52. The highest BCUT2D eigenvalue weighted by Gasteiger charge is 2.23. The molecule has 1 unspecified atom stereocenters. The second-order valence-corrected chi connectivity index (χ2v) is 5.17. The predicted octanol–water partition coefficient (Wildman–Crippen LogP) is 4.54. The lowest BCUT2D eigenvalue weighted by molar-refractivity contribution is 0.517. The van der Waals surface area contributed by atoms with Gasteiger partial charge in [0.2, 0.25) is 0 Å². The molecular weight excluding hydrogens is 280 g/mol. The van der Waals surface area contributed by atoms with Gasteiger partial charge in [-0.25, -0.2) is 8.78 Å². The zero-order valence-electron chi connectivity index (χ0n) is 11.6. The van der Waals surface area contributed by atoms with Gasteiger partial charge >= 0.3 is 0 Å². The van der Waals surface area contributed by atoms with Gasteiger partial charge in [-0.1, -0.05) is 29.8 Å². The molecule has 0 radical (unpaired) electrons. The van der Waals surface area contributed by atoms with E-state index in [1.165, 1.54) is 12.1 Å². The van der Waals surface area contributed by atoms with Crippen molar-refractivity contribution in [2.75, 3.05) is 7.05 Å². The number of rotatable bonds is 3. The standard InChI is InChI=1S/C16H16ClF2N/c1-9-7-8-13(18)14(15(9)19)16(20-3)11-5-4-6-12(17)10(11)2/h4-8,16,20H,1-3H3. The van der Waals surface area contributed by atoms with Crippen molar-refractivity contribution in [3.8, 4) is 0 Å². The molecule has 0 spiro atoms. The zero-order chi connectivity index (χ0) is 14.9. The van der Waals surface area contributed by atoms with Gasteiger partial charge in [0.05, 0.1) is 6.04 Å². The van der Waals surface area contributed by atoms with E-state index in [0.717, 1.165) is 11.1 Å². The van der Waals surface area contributed by atoms with Gasteiger partial charge in [-0.05, 0) is 49.7 Å². The van der Waals surface area contributed by atoms with Crippen LogP contribution in [0.4, 0.5) is 8.78 Å². The summed E-state index contributed by atoms with van der Waals surface area (Å²) in [4.78, 5) is 0. The van der Waals surface area contributed by atoms with Gasteiger partial charge in [-0.15, -0.1) is 0 Å². The van der Waals surface area contributed by atoms with Gasteiger partial charge in [0.15, 0.2) is 0 Å². The quantitative estimate of drug-likeness (QED) is 0.876. The Morgan fingerprint density at radius 2 is 1.80 bits per heavy atom. The molecule has 0 fully saturated rings. The molecular formula is C16H16ClF2N. The van der Waals surface area contributed by atoms with Crippen molar-refractivity contribution in [3.05, 3.63) is 69.2 Å². The summed E-state index contributed by atoms with van der Waals surface area (Å²) in [5.41, 5.74) is 2.02. The van der Waals surface area contributed by atoms with Crippen LogP contribution in [0.1, 0.15) is 28.3 Å². The van der Waals surface area contributed by atoms with E-state index in [0.29, 0.717) is 10.6 Å². The molecule has 0 bridgehead atoms. The normalized spacial score (nSPS) is 12.5. The van der Waals surface area contributed by atoms with Crippen LogP contribution in [0.15, 0.2) is 30.3 Å². The van der Waals surface area contributed by atoms with Crippen LogP contribution >= 0.6 is 11.6 Å². The molecule has 0 amide bonds. The lowest BCUT2D eigenvalue weighted by Crippen LogP contribution is -2.22. The maximum Gasteiger partial charge on any atom is 0.134 e. The fourth-order valence-electron chi connectivity index (χ4n) is 2.34. The first-order valence-corrected chi connectivity index (χ1v) is 6.72. The summed E-state index contributed by atoms with van der Waals surface area (Å²) in [6.45, 7) is 3.46. The van der Waals surface area contributed by atoms with Crippen LogP contribution in [-0.4, -0.2) is 7.05 Å². The van der Waals surface area contributed by atoms with Crippen LogP contribution in [0.5, 0.6) is 0 Å². The molecule has 1 N–H and O–H groups in total. The molecule has 2 rings (SSSR count). The highest BCUT2D eigenvalue weighted by Crippen LogP contribution is 2.32. The van der Waals surface area contributed by atoms with Gasteiger partial charge in [0.1, 0.15) is 11.6 Å². The Hall–Kier alpha value is -1.45. The Morgan fingerprint density at radius 1 is 1.10 bits per heavy atom. The molecule has 20 heavy (non-hydrogen) atoms. The maximum atomic E-state index is 14.3. The Balaban J connectivity index is 2.65. The largest absolute Gasteiger partial charge is 0.309 e. The Kier molecular flexibility index (Phi) is 4.41. The maximum absolute atomic E-state index is 14.3. The van der Waals surface area contributed by atoms with E-state index in [2.05, 4.69) is 5.32 Å². The van der Waals surface area contributed by atoms with Crippen LogP contribution < -0.4 is 5.32 Å². The van der Waals surface area contributed by atoms with Crippen LogP contribution in [-0.2, 0) is 0 Å². The Bertz CT molecular complexity index is 641. The van der Waals surface area contributed by atoms with Crippen molar-refractivity contribution in [3.63, 3.8) is 0 Å². The summed E-state index contributed by atoms with van der Waals surface area (Å²) in [6, 6.07) is 7.51. The van der Waals surface area contributed by atoms with Crippen molar-refractivity contribution in [1.82, 2.24) is 5.32 Å². The Morgan fingerprint density at radius 3 is 2.45 bits per heavy atom. The zero-order valence-corrected chi connectivity index (χ0v) is 12.4. The third-order valence-corrected chi connectivity index (χ3v) is 3.93. The molecule has 4 heteroatoms. The fourth-order valence-corrected chi connectivity index (χ4v) is 2.52. The summed E-state index contributed by atoms with van der Waals surface area (Å²) in [6.07, 6.45) is 0. The van der Waals surface area contributed by atoms with Crippen molar-refractivity contribution < 1.29 is 8.78 Å². The number of benzene rings is 2. The molecule has 0 aliphatic heterocycles. The van der Waals surface area contributed by atoms with Gasteiger partial charge < -0.3 is 5.32 Å². The monoisotopic (exact) mass is 295 g/mol. The molecule has 0 saturated heterocycles. The highest BCUT2D eigenvalue weighted by atomic mass is 35.5. The molecule has 2 aromatic rings. The van der Waals surface area contributed by atoms with E-state index < -0.39 is 17.7 Å². The van der Waals surface area contributed by atoms with Crippen molar-refractivity contribution in [2.45, 2.75) is 19.9 Å². The number of hydrogen-bond acceptors (Lipinski definition) is 1. The third kappa shape index (κ3) is 2.56. The van der Waals surface area contributed by atoms with Gasteiger partial charge in [0.25, 0.3) is 0 Å². The van der Waals surface area contributed by atoms with E-state index in [9.17, 15) is 8.78 Å². The van der Waals surface area contributed by atoms with Crippen LogP contribution in [0.25, 0.3) is 0 Å². The van der Waals surface area contributed by atoms with Crippen LogP contribution in [0, 0.1) is 25.5 Å². The van der Waals surface area contributed by atoms with Gasteiger partial charge in [-0.3, -0.25) is 0 Å². The number of halogens is 3. The molecule has 106 valence electrons. The fraction of sp³-hybridized carbons (Fsp3) is 0.250. The molecule has 0 aromatic heterocycles. The average molecular weight is 296 g/mol. The van der Waals surface area contributed by atoms with Gasteiger partial charge in [0, 0.05) is 10.6 Å². The summed E-state index contributed by atoms with van der Waals surface area (Å²) in [7, 11) is 1.67. The SMILES string of the molecule is CNC(c1cccc(Cl)c1C)c1c(F)ccc(C)c1F. The number of nitrogens with one attached hydrogen (secondary N) is 1. The van der Waals surface area contributed by atoms with E-state index in [-0.39, 0.29) is 5.56 Å². The smallest absolute Gasteiger partial charge is 0.134 e. The Labute approximate surface area is 122 Å². The number of hydrogen-bond donors (Lipinski definition) is 1. The molecule has 0 saturated carbocycles. The molecule has 1 atom stereocenters. The summed E-state index contributed by atoms with van der Waals surface area (Å²) in [5, 5.41) is 3.55. The average Bonchev–Trinajstić information content (AvgIpc) is 2.43. The summed E-state index contributed by atoms with van der Waals surface area (Å²) in [5.74, 6) is -1.09. The first-order valence-electron chi connectivity index (χ1n) is 6.34. The number of aryl methyl sites for hydroxylation is 1. The first-order chi connectivity index (χ1) is 9.47. The van der Waals surface area contributed by atoms with Crippen LogP contribution in [0.2, 0.25) is 5.02 Å². The predicted molar refractivity (Wildman–Crippen MR) is 78.2 cm³/mol. The van der Waals surface area contributed by atoms with E-state index in [4.69, 9.17) is 11.6 Å². The van der Waals surface area contributed by atoms with E-state index in [1.807, 2.05) is 13.0 Å². The molecule has 0 aliphatic rings. The van der Waals surface area contributed by atoms with E-state index in [1.54, 1.807) is 26.1 Å². The minimum atomic E-state index is -0.575. The van der Waals surface area contributed by atoms with E-state index >= 15 is 0 Å². The molecule has 0 heterocycles. The highest BCUT2D eigenvalue weighted by molar-refractivity contribution is 6.31. The minimum Gasteiger partial charge on any atom is -0.309 e. The lowest BCUT2D eigenvalue weighted by Gasteiger charge is -2.21. The lowest BCUT2D eigenvalue weighted by atomic mass is 9.93. The molecule has 0 aliphatic carbocycles.